The van der Waals surface area contributed by atoms with Crippen LogP contribution in [0.25, 0.3) is 0 Å². The van der Waals surface area contributed by atoms with Crippen LogP contribution in [-0.2, 0) is 6.54 Å². The van der Waals surface area contributed by atoms with Crippen molar-refractivity contribution in [1.29, 1.82) is 0 Å². The normalized spacial score (nSPS) is 18.5. The number of benzene rings is 1. The third kappa shape index (κ3) is 7.65. The minimum atomic E-state index is -4.15. The maximum atomic E-state index is 13.3. The number of nitrogens with one attached hydrogen (secondary N) is 2. The monoisotopic (exact) mass is 488 g/mol. The van der Waals surface area contributed by atoms with Gasteiger partial charge in [-0.2, -0.15) is 13.2 Å². The molecule has 4 nitrogen and oxygen atoms in total. The van der Waals surface area contributed by atoms with E-state index in [1.807, 2.05) is 0 Å². The smallest absolute Gasteiger partial charge is 0.356 e. The van der Waals surface area contributed by atoms with E-state index >= 15 is 0 Å². The molecule has 26 heavy (non-hydrogen) atoms. The molecule has 0 radical (unpaired) electrons. The van der Waals surface area contributed by atoms with Gasteiger partial charge in [-0.15, -0.1) is 24.0 Å². The summed E-state index contributed by atoms with van der Waals surface area (Å²) in [4.78, 5) is 5.54. The van der Waals surface area contributed by atoms with Crippen LogP contribution in [0.1, 0.15) is 17.5 Å². The maximum absolute atomic E-state index is 13.3. The number of aliphatic imine (C=N–C) groups is 1. The summed E-state index contributed by atoms with van der Waals surface area (Å²) in [7, 11) is 1.63. The van der Waals surface area contributed by atoms with Crippen molar-refractivity contribution in [3.63, 3.8) is 0 Å². The van der Waals surface area contributed by atoms with Gasteiger partial charge in [-0.25, -0.2) is 4.39 Å². The van der Waals surface area contributed by atoms with Gasteiger partial charge in [0.15, 0.2) is 5.96 Å². The highest BCUT2D eigenvalue weighted by atomic mass is 127. The predicted molar refractivity (Wildman–Crippen MR) is 105 cm³/mol. The van der Waals surface area contributed by atoms with E-state index < -0.39 is 12.7 Å². The topological polar surface area (TPSA) is 39.7 Å². The molecule has 1 aromatic rings. The van der Waals surface area contributed by atoms with Crippen LogP contribution in [0.15, 0.2) is 23.2 Å². The highest BCUT2D eigenvalue weighted by Crippen LogP contribution is 2.22. The van der Waals surface area contributed by atoms with E-state index in [1.54, 1.807) is 26.1 Å². The Hall–Kier alpha value is -1.10. The largest absolute Gasteiger partial charge is 0.401 e. The number of aryl methyl sites for hydroxylation is 1. The van der Waals surface area contributed by atoms with Crippen molar-refractivity contribution in [2.45, 2.75) is 26.1 Å². The summed E-state index contributed by atoms with van der Waals surface area (Å²) in [6, 6.07) is 4.90. The number of rotatable bonds is 5. The molecule has 2 N–H and O–H groups in total. The van der Waals surface area contributed by atoms with Crippen LogP contribution < -0.4 is 10.6 Å². The Labute approximate surface area is 168 Å². The average Bonchev–Trinajstić information content (AvgIpc) is 2.96. The van der Waals surface area contributed by atoms with Gasteiger partial charge >= 0.3 is 6.18 Å². The molecule has 0 bridgehead atoms. The number of guanidine groups is 1. The van der Waals surface area contributed by atoms with Gasteiger partial charge in [0, 0.05) is 26.7 Å². The molecule has 148 valence electrons. The first-order valence-electron chi connectivity index (χ1n) is 8.25. The van der Waals surface area contributed by atoms with Crippen molar-refractivity contribution in [3.8, 4) is 0 Å². The fourth-order valence-electron chi connectivity index (χ4n) is 2.94. The Morgan fingerprint density at radius 2 is 2.04 bits per heavy atom. The molecule has 1 aliphatic rings. The zero-order valence-corrected chi connectivity index (χ0v) is 17.2. The molecular formula is C17H25F4IN4. The van der Waals surface area contributed by atoms with Crippen LogP contribution in [0.4, 0.5) is 17.6 Å². The Morgan fingerprint density at radius 3 is 2.65 bits per heavy atom. The maximum Gasteiger partial charge on any atom is 0.401 e. The third-order valence-electron chi connectivity index (χ3n) is 4.24. The first kappa shape index (κ1) is 22.9. The molecule has 0 aliphatic carbocycles. The molecule has 2 rings (SSSR count). The molecule has 0 saturated carbocycles. The molecule has 1 saturated heterocycles. The van der Waals surface area contributed by atoms with Gasteiger partial charge in [-0.05, 0) is 43.0 Å². The van der Waals surface area contributed by atoms with Crippen LogP contribution in [0.5, 0.6) is 0 Å². The van der Waals surface area contributed by atoms with E-state index in [-0.39, 0.29) is 35.7 Å². The lowest BCUT2D eigenvalue weighted by Crippen LogP contribution is -2.40. The van der Waals surface area contributed by atoms with E-state index in [0.29, 0.717) is 37.7 Å². The summed E-state index contributed by atoms with van der Waals surface area (Å²) in [5.41, 5.74) is 1.51. The standard InChI is InChI=1S/C17H24F4N4.HI/c1-12-7-13(3-4-15(12)18)8-23-16(22-2)24-9-14-5-6-25(10-14)11-17(19,20)21;/h3-4,7,14H,5-6,8-11H2,1-2H3,(H2,22,23,24);1H. The van der Waals surface area contributed by atoms with Crippen LogP contribution >= 0.6 is 24.0 Å². The van der Waals surface area contributed by atoms with Gasteiger partial charge in [0.25, 0.3) is 0 Å². The lowest BCUT2D eigenvalue weighted by atomic mass is 10.1. The molecule has 9 heteroatoms. The Balaban J connectivity index is 0.00000338. The molecule has 1 aliphatic heterocycles. The lowest BCUT2D eigenvalue weighted by molar-refractivity contribution is -0.143. The van der Waals surface area contributed by atoms with E-state index in [0.717, 1.165) is 12.0 Å². The minimum Gasteiger partial charge on any atom is -0.356 e. The van der Waals surface area contributed by atoms with E-state index in [9.17, 15) is 17.6 Å². The number of nitrogens with zero attached hydrogens (tertiary/aromatic N) is 2. The molecule has 1 aromatic carbocycles. The van der Waals surface area contributed by atoms with Crippen molar-refractivity contribution in [1.82, 2.24) is 15.5 Å². The highest BCUT2D eigenvalue weighted by Gasteiger charge is 2.34. The number of hydrogen-bond acceptors (Lipinski definition) is 2. The summed E-state index contributed by atoms with van der Waals surface area (Å²) in [6.45, 7) is 2.81. The molecule has 0 spiro atoms. The molecule has 1 fully saturated rings. The van der Waals surface area contributed by atoms with Crippen LogP contribution in [0.2, 0.25) is 0 Å². The van der Waals surface area contributed by atoms with Gasteiger partial charge in [0.05, 0.1) is 6.54 Å². The predicted octanol–water partition coefficient (Wildman–Crippen LogP) is 3.30. The fourth-order valence-corrected chi connectivity index (χ4v) is 2.94. The molecule has 1 heterocycles. The number of hydrogen-bond donors (Lipinski definition) is 2. The first-order chi connectivity index (χ1) is 11.8. The average molecular weight is 488 g/mol. The second kappa shape index (κ2) is 10.3. The SMILES string of the molecule is CN=C(NCc1ccc(F)c(C)c1)NCC1CCN(CC(F)(F)F)C1.I. The fraction of sp³-hybridized carbons (Fsp3) is 0.588. The molecular weight excluding hydrogens is 463 g/mol. The van der Waals surface area contributed by atoms with Crippen molar-refractivity contribution in [2.24, 2.45) is 10.9 Å². The second-order valence-electron chi connectivity index (χ2n) is 6.40. The molecule has 1 unspecified atom stereocenters. The Kier molecular flexibility index (Phi) is 9.08. The number of likely N-dealkylation sites (tertiary alicyclic amines) is 1. The van der Waals surface area contributed by atoms with Gasteiger partial charge in [-0.1, -0.05) is 12.1 Å². The van der Waals surface area contributed by atoms with Crippen molar-refractivity contribution < 1.29 is 17.6 Å². The summed E-state index contributed by atoms with van der Waals surface area (Å²) >= 11 is 0. The Bertz CT molecular complexity index is 607. The zero-order valence-electron chi connectivity index (χ0n) is 14.9. The molecule has 0 aromatic heterocycles. The van der Waals surface area contributed by atoms with Gasteiger partial charge in [0.2, 0.25) is 0 Å². The van der Waals surface area contributed by atoms with Gasteiger partial charge in [-0.3, -0.25) is 9.89 Å². The van der Waals surface area contributed by atoms with Crippen LogP contribution in [0.3, 0.4) is 0 Å². The Morgan fingerprint density at radius 1 is 1.31 bits per heavy atom. The van der Waals surface area contributed by atoms with E-state index in [2.05, 4.69) is 15.6 Å². The summed E-state index contributed by atoms with van der Waals surface area (Å²) in [5, 5.41) is 6.28. The highest BCUT2D eigenvalue weighted by molar-refractivity contribution is 14.0. The third-order valence-corrected chi connectivity index (χ3v) is 4.24. The quantitative estimate of drug-likeness (QED) is 0.289. The van der Waals surface area contributed by atoms with Crippen molar-refractivity contribution in [2.75, 3.05) is 33.2 Å². The second-order valence-corrected chi connectivity index (χ2v) is 6.40. The van der Waals surface area contributed by atoms with Crippen molar-refractivity contribution >= 4 is 29.9 Å². The lowest BCUT2D eigenvalue weighted by Gasteiger charge is -2.18. The zero-order chi connectivity index (χ0) is 18.4. The number of alkyl halides is 3. The molecule has 1 atom stereocenters. The van der Waals surface area contributed by atoms with E-state index in [4.69, 9.17) is 0 Å². The van der Waals surface area contributed by atoms with Gasteiger partial charge < -0.3 is 10.6 Å². The number of halogens is 5. The van der Waals surface area contributed by atoms with E-state index in [1.165, 1.54) is 11.0 Å². The van der Waals surface area contributed by atoms with Crippen LogP contribution in [0, 0.1) is 18.7 Å². The van der Waals surface area contributed by atoms with Crippen molar-refractivity contribution in [3.05, 3.63) is 35.1 Å². The molecule has 0 amide bonds. The van der Waals surface area contributed by atoms with Gasteiger partial charge in [0.1, 0.15) is 5.82 Å². The summed E-state index contributed by atoms with van der Waals surface area (Å²) in [5.74, 6) is 0.501. The summed E-state index contributed by atoms with van der Waals surface area (Å²) < 4.78 is 50.5. The van der Waals surface area contributed by atoms with Crippen LogP contribution in [-0.4, -0.2) is 50.3 Å². The first-order valence-corrected chi connectivity index (χ1v) is 8.25. The summed E-state index contributed by atoms with van der Waals surface area (Å²) in [6.07, 6.45) is -3.41. The minimum absolute atomic E-state index is 0.